The summed E-state index contributed by atoms with van der Waals surface area (Å²) in [5.41, 5.74) is 21.6. The Morgan fingerprint density at radius 1 is 0.230 bits per heavy atom. The lowest BCUT2D eigenvalue weighted by molar-refractivity contribution is 0.627. The van der Waals surface area contributed by atoms with Gasteiger partial charge < -0.3 is 14.7 Å². The molecule has 3 nitrogen and oxygen atoms in total. The fraction of sp³-hybridized carbons (Fsp3) is 0.167. The van der Waals surface area contributed by atoms with E-state index in [1.165, 1.54) is 146 Å². The summed E-state index contributed by atoms with van der Waals surface area (Å²) >= 11 is 34.4. The van der Waals surface area contributed by atoms with Gasteiger partial charge in [0.2, 0.25) is 0 Å². The van der Waals surface area contributed by atoms with Crippen molar-refractivity contribution in [1.82, 2.24) is 0 Å². The van der Waals surface area contributed by atoms with E-state index >= 15 is 0 Å². The fourth-order valence-electron chi connectivity index (χ4n) is 10.4. The van der Waals surface area contributed by atoms with E-state index < -0.39 is 0 Å². The average Bonchev–Trinajstić information content (AvgIpc) is 0.898. The van der Waals surface area contributed by atoms with Crippen molar-refractivity contribution in [3.63, 3.8) is 0 Å². The first-order chi connectivity index (χ1) is 60.6. The molecule has 0 N–H and O–H groups in total. The molecule has 14 aromatic carbocycles. The van der Waals surface area contributed by atoms with Crippen molar-refractivity contribution >= 4 is 321 Å². The highest BCUT2D eigenvalue weighted by Gasteiger charge is 2.02. The van der Waals surface area contributed by atoms with Crippen molar-refractivity contribution in [2.45, 2.75) is 74.7 Å². The summed E-state index contributed by atoms with van der Waals surface area (Å²) in [6, 6.07) is 115. The Morgan fingerprint density at radius 2 is 0.524 bits per heavy atom. The minimum Gasteiger partial charge on any atom is -0.378 e. The molecule has 0 aliphatic heterocycles. The summed E-state index contributed by atoms with van der Waals surface area (Å²) in [4.78, 5) is 6.31. The van der Waals surface area contributed by atoms with E-state index in [0.29, 0.717) is 0 Å². The van der Waals surface area contributed by atoms with E-state index in [-0.39, 0.29) is 11.6 Å². The molecule has 0 aliphatic carbocycles. The molecule has 14 aromatic rings. The summed E-state index contributed by atoms with van der Waals surface area (Å²) in [7, 11) is 12.3. The second-order valence-corrected chi connectivity index (χ2v) is 41.2. The maximum atomic E-state index is 12.2. The highest BCUT2D eigenvalue weighted by atomic mass is 127. The molecule has 0 saturated carbocycles. The average molecular weight is 2950 g/mol. The van der Waals surface area contributed by atoms with Gasteiger partial charge in [-0.2, -0.15) is 0 Å². The van der Waals surface area contributed by atoms with Gasteiger partial charge in [-0.05, 0) is 459 Å². The molecule has 18 heteroatoms. The number of nitrogens with zero attached hydrogens (tertiary/aromatic N) is 3. The van der Waals surface area contributed by atoms with Crippen LogP contribution in [0.25, 0.3) is 36.5 Å². The summed E-state index contributed by atoms with van der Waals surface area (Å²) in [5, 5.41) is 3.63. The lowest BCUT2D eigenvalue weighted by atomic mass is 10.1. The van der Waals surface area contributed by atoms with Crippen molar-refractivity contribution in [3.8, 4) is 0 Å². The van der Waals surface area contributed by atoms with Gasteiger partial charge in [-0.3, -0.25) is 0 Å². The zero-order valence-electron chi connectivity index (χ0n) is 72.5. The number of anilines is 3. The van der Waals surface area contributed by atoms with Crippen LogP contribution in [0.2, 0.25) is 0 Å². The predicted octanol–water partition coefficient (Wildman–Crippen LogP) is 36.8. The first-order valence-corrected chi connectivity index (χ1v) is 54.6. The van der Waals surface area contributed by atoms with Crippen LogP contribution in [-0.2, 0) is 47.0 Å². The van der Waals surface area contributed by atoms with E-state index in [0.717, 1.165) is 52.6 Å². The molecule has 0 amide bonds. The van der Waals surface area contributed by atoms with Gasteiger partial charge in [-0.1, -0.05) is 316 Å². The molecule has 126 heavy (non-hydrogen) atoms. The lowest BCUT2D eigenvalue weighted by Gasteiger charge is -2.11. The zero-order valence-corrected chi connectivity index (χ0v) is 98.2. The molecule has 0 heterocycles. The van der Waals surface area contributed by atoms with Gasteiger partial charge in [0.05, 0.1) is 0 Å². The second-order valence-electron chi connectivity index (χ2n) is 28.0. The third-order valence-corrected chi connectivity index (χ3v) is 27.6. The van der Waals surface area contributed by atoms with Crippen LogP contribution in [0, 0.1) is 43.8 Å². The van der Waals surface area contributed by atoms with Gasteiger partial charge in [-0.15, -0.1) is 0 Å². The third-order valence-electron chi connectivity index (χ3n) is 17.8. The summed E-state index contributed by atoms with van der Waals surface area (Å²) in [6.45, 7) is 8.57. The molecular weight excluding hydrogens is 2840 g/mol. The normalized spacial score (nSPS) is 10.1. The minimum atomic E-state index is -0.181. The zero-order chi connectivity index (χ0) is 92.4. The van der Waals surface area contributed by atoms with Crippen LogP contribution in [-0.4, -0.2) is 42.3 Å². The minimum absolute atomic E-state index is 0.160. The molecule has 0 bridgehead atoms. The van der Waals surface area contributed by atoms with Crippen LogP contribution < -0.4 is 14.7 Å². The molecule has 0 spiro atoms. The molecule has 0 radical (unpaired) electrons. The number of benzene rings is 14. The van der Waals surface area contributed by atoms with Gasteiger partial charge in [0.1, 0.15) is 11.6 Å². The topological polar surface area (TPSA) is 9.72 Å². The first kappa shape index (κ1) is 114. The molecule has 0 unspecified atom stereocenters. The van der Waals surface area contributed by atoms with Crippen LogP contribution >= 0.6 is 267 Å². The maximum Gasteiger partial charge on any atom is 0.123 e. The Labute approximate surface area is 908 Å². The monoisotopic (exact) mass is 2940 g/mol. The van der Waals surface area contributed by atoms with Crippen LogP contribution in [0.1, 0.15) is 106 Å². The van der Waals surface area contributed by atoms with Gasteiger partial charge >= 0.3 is 0 Å². The second kappa shape index (κ2) is 69.0. The van der Waals surface area contributed by atoms with Crippen LogP contribution in [0.3, 0.4) is 0 Å². The first-order valence-electron chi connectivity index (χ1n) is 40.4. The number of halogens is 15. The smallest absolute Gasteiger partial charge is 0.123 e. The SMILES string of the molecule is BrCc1ccc(I)cc1.BrCc1cccc(I)c1.BrCc1ccccc1I.CCc1ccc(F)cc1.CCc1ccc(I)cc1.CCc1cccc(I)c1.CCc1ccccc1I.CN(C)c1ccc(/C=C/c2ccc(I)cc2)cc1.CN(C)c1ccc(/C=C/c2cccc(I)c2)cc1.CN(C)c1ccc(/C=C/c2ccccc2I)cc1.Fc1ccc(CBr)cc1. The van der Waals surface area contributed by atoms with E-state index in [1.54, 1.807) is 24.3 Å². The van der Waals surface area contributed by atoms with Gasteiger partial charge in [0, 0.05) is 113 Å². The van der Waals surface area contributed by atoms with Crippen LogP contribution in [0.4, 0.5) is 25.8 Å². The van der Waals surface area contributed by atoms with Gasteiger partial charge in [-0.25, -0.2) is 8.78 Å². The van der Waals surface area contributed by atoms with Crippen LogP contribution in [0.5, 0.6) is 0 Å². The fourth-order valence-corrected chi connectivity index (χ4v) is 17.3. The van der Waals surface area contributed by atoms with Crippen molar-refractivity contribution in [2.24, 2.45) is 0 Å². The lowest BCUT2D eigenvalue weighted by Crippen LogP contribution is -2.07. The Bertz CT molecular complexity index is 5100. The van der Waals surface area contributed by atoms with Gasteiger partial charge in [0.15, 0.2) is 0 Å². The van der Waals surface area contributed by atoms with E-state index in [9.17, 15) is 8.78 Å². The van der Waals surface area contributed by atoms with Crippen molar-refractivity contribution in [1.29, 1.82) is 0 Å². The Hall–Kier alpha value is -3.95. The highest BCUT2D eigenvalue weighted by molar-refractivity contribution is 14.1. The standard InChI is InChI=1S/3C16H16IN.C8H9F.3C8H9I.C7H6BrF.3C7H6BrI/c1-18(2)16-11-7-14(8-12-16)4-3-13-5-9-15(17)10-6-13;1-18(2)16-10-8-13(9-11-16)6-7-14-4-3-5-15(17)12-14;1-18(2)15-11-8-13(9-12-15)7-10-14-5-3-4-6-16(14)17;2*1-2-7-3-5-8(9)6-4-7;1-2-7-4-3-5-8(9)6-7;1-2-7-5-3-4-6-8(7)9;2*8-5-6-1-3-7(9)4-2-6;8-5-6-2-1-3-7(9)4-6;8-5-6-3-1-2-4-7(6)9/h3*3-12H,1-2H3;4*3-6H,2H2,1H3;4*1-4H,5H2/b4-3+;7-6+;10-7+;;;;;;;;. The molecule has 0 fully saturated rings. The number of hydrogen-bond acceptors (Lipinski definition) is 3. The quantitative estimate of drug-likeness (QED) is 0.0511. The third kappa shape index (κ3) is 51.3. The molecule has 0 saturated heterocycles. The molecule has 0 atom stereocenters. The Kier molecular flexibility index (Phi) is 62.6. The number of alkyl halides is 4. The molecular formula is C108H108Br4F2I9N3. The van der Waals surface area contributed by atoms with Crippen molar-refractivity contribution < 1.29 is 8.78 Å². The predicted molar refractivity (Wildman–Crippen MR) is 642 cm³/mol. The summed E-state index contributed by atoms with van der Waals surface area (Å²) in [5.74, 6) is -0.341. The van der Waals surface area contributed by atoms with Crippen molar-refractivity contribution in [2.75, 3.05) is 57.0 Å². The number of aryl methyl sites for hydroxylation is 4. The molecule has 0 aromatic heterocycles. The number of rotatable bonds is 17. The van der Waals surface area contributed by atoms with Gasteiger partial charge in [0.25, 0.3) is 0 Å². The largest absolute Gasteiger partial charge is 0.378 e. The van der Waals surface area contributed by atoms with E-state index in [1.807, 2.05) is 13.0 Å². The number of hydrogen-bond donors (Lipinski definition) is 0. The Morgan fingerprint density at radius 3 is 0.833 bits per heavy atom. The molecule has 660 valence electrons. The molecule has 14 rings (SSSR count). The Balaban J connectivity index is 0.000000295. The van der Waals surface area contributed by atoms with Crippen LogP contribution in [0.15, 0.2) is 340 Å². The van der Waals surface area contributed by atoms with Crippen molar-refractivity contribution in [3.05, 3.63) is 461 Å². The summed E-state index contributed by atoms with van der Waals surface area (Å²) in [6.07, 6.45) is 17.3. The highest BCUT2D eigenvalue weighted by Crippen LogP contribution is 2.23. The van der Waals surface area contributed by atoms with E-state index in [2.05, 4.69) is 666 Å². The molecule has 0 aliphatic rings. The summed E-state index contributed by atoms with van der Waals surface area (Å²) < 4.78 is 36.2. The maximum absolute atomic E-state index is 12.2. The van der Waals surface area contributed by atoms with E-state index in [4.69, 9.17) is 0 Å².